The Balaban J connectivity index is 1.81. The first kappa shape index (κ1) is 11.5. The number of hydrogen-bond donors (Lipinski definition) is 2. The van der Waals surface area contributed by atoms with Gasteiger partial charge in [0.1, 0.15) is 0 Å². The van der Waals surface area contributed by atoms with Gasteiger partial charge in [-0.25, -0.2) is 4.98 Å². The van der Waals surface area contributed by atoms with E-state index in [-0.39, 0.29) is 5.91 Å². The van der Waals surface area contributed by atoms with Gasteiger partial charge < -0.3 is 11.1 Å². The second-order valence-electron chi connectivity index (χ2n) is 4.69. The van der Waals surface area contributed by atoms with Crippen LogP contribution in [0.5, 0.6) is 0 Å². The number of fused-ring (bicyclic) bond motifs is 1. The molecule has 3 rings (SSSR count). The number of nitrogens with two attached hydrogens (primary N) is 1. The minimum atomic E-state index is 0.00997. The molecule has 4 nitrogen and oxygen atoms in total. The zero-order chi connectivity index (χ0) is 12.5. The van der Waals surface area contributed by atoms with E-state index in [1.807, 2.05) is 18.2 Å². The molecule has 1 aromatic carbocycles. The molecule has 1 aliphatic rings. The van der Waals surface area contributed by atoms with Gasteiger partial charge in [-0.15, -0.1) is 0 Å². The Morgan fingerprint density at radius 1 is 1.39 bits per heavy atom. The summed E-state index contributed by atoms with van der Waals surface area (Å²) in [6.07, 6.45) is 4.63. The summed E-state index contributed by atoms with van der Waals surface area (Å²) in [7, 11) is 0. The number of nitrogen functional groups attached to an aromatic ring is 1. The number of anilines is 1. The molecule has 1 aromatic heterocycles. The van der Waals surface area contributed by atoms with E-state index in [4.69, 9.17) is 5.73 Å². The minimum absolute atomic E-state index is 0.00997. The molecule has 1 heterocycles. The molecule has 1 fully saturated rings. The Kier molecular flexibility index (Phi) is 2.91. The van der Waals surface area contributed by atoms with Crippen LogP contribution in [-0.2, 0) is 0 Å². The highest BCUT2D eigenvalue weighted by Crippen LogP contribution is 2.25. The maximum atomic E-state index is 12.1. The van der Waals surface area contributed by atoms with Crippen LogP contribution in [0.1, 0.15) is 36.0 Å². The molecule has 0 atom stereocenters. The van der Waals surface area contributed by atoms with Crippen molar-refractivity contribution in [3.63, 3.8) is 0 Å². The van der Waals surface area contributed by atoms with Gasteiger partial charge in [-0.1, -0.05) is 24.2 Å². The summed E-state index contributed by atoms with van der Waals surface area (Å²) in [5.74, 6) is 0.00997. The lowest BCUT2D eigenvalue weighted by Gasteiger charge is -2.11. The van der Waals surface area contributed by atoms with Crippen LogP contribution in [0.3, 0.4) is 0 Å². The molecule has 0 bridgehead atoms. The highest BCUT2D eigenvalue weighted by Gasteiger charge is 2.18. The molecule has 1 amide bonds. The number of rotatable bonds is 2. The monoisotopic (exact) mass is 261 g/mol. The van der Waals surface area contributed by atoms with Crippen LogP contribution in [0.25, 0.3) is 10.2 Å². The van der Waals surface area contributed by atoms with Gasteiger partial charge in [-0.2, -0.15) is 0 Å². The molecule has 5 heteroatoms. The van der Waals surface area contributed by atoms with Crippen LogP contribution >= 0.6 is 11.3 Å². The van der Waals surface area contributed by atoms with E-state index in [9.17, 15) is 4.79 Å². The number of nitrogens with one attached hydrogen (secondary N) is 1. The molecule has 18 heavy (non-hydrogen) atoms. The first-order valence-corrected chi connectivity index (χ1v) is 7.01. The summed E-state index contributed by atoms with van der Waals surface area (Å²) in [6, 6.07) is 5.88. The summed E-state index contributed by atoms with van der Waals surface area (Å²) < 4.78 is 0.964. The fourth-order valence-electron chi connectivity index (χ4n) is 2.42. The molecule has 3 N–H and O–H groups in total. The van der Waals surface area contributed by atoms with Gasteiger partial charge in [0.2, 0.25) is 0 Å². The molecular weight excluding hydrogens is 246 g/mol. The van der Waals surface area contributed by atoms with Crippen molar-refractivity contribution in [2.45, 2.75) is 31.7 Å². The van der Waals surface area contributed by atoms with Crippen molar-refractivity contribution in [1.82, 2.24) is 10.3 Å². The van der Waals surface area contributed by atoms with E-state index in [0.29, 0.717) is 16.7 Å². The van der Waals surface area contributed by atoms with Crippen molar-refractivity contribution in [1.29, 1.82) is 0 Å². The van der Waals surface area contributed by atoms with Crippen molar-refractivity contribution < 1.29 is 4.79 Å². The first-order valence-electron chi connectivity index (χ1n) is 6.19. The second kappa shape index (κ2) is 4.57. The lowest BCUT2D eigenvalue weighted by Crippen LogP contribution is -2.32. The Morgan fingerprint density at radius 3 is 2.94 bits per heavy atom. The number of nitrogens with zero attached hydrogens (tertiary/aromatic N) is 1. The summed E-state index contributed by atoms with van der Waals surface area (Å²) >= 11 is 1.41. The Labute approximate surface area is 109 Å². The normalized spacial score (nSPS) is 16.2. The Bertz CT molecular complexity index is 587. The van der Waals surface area contributed by atoms with E-state index < -0.39 is 0 Å². The molecule has 0 radical (unpaired) electrons. The number of thiazole rings is 1. The van der Waals surface area contributed by atoms with Gasteiger partial charge in [0.25, 0.3) is 5.91 Å². The summed E-state index contributed by atoms with van der Waals surface area (Å²) in [6.45, 7) is 0. The van der Waals surface area contributed by atoms with Gasteiger partial charge in [-0.3, -0.25) is 4.79 Å². The van der Waals surface area contributed by atoms with Crippen molar-refractivity contribution in [2.75, 3.05) is 5.73 Å². The SMILES string of the molecule is Nc1nc2ccc(C(=O)NC3CCCC3)cc2s1. The number of hydrogen-bond acceptors (Lipinski definition) is 4. The van der Waals surface area contributed by atoms with Crippen molar-refractivity contribution in [2.24, 2.45) is 0 Å². The molecule has 0 unspecified atom stereocenters. The van der Waals surface area contributed by atoms with E-state index >= 15 is 0 Å². The van der Waals surface area contributed by atoms with Crippen LogP contribution in [0.15, 0.2) is 18.2 Å². The third-order valence-corrected chi connectivity index (χ3v) is 4.20. The molecular formula is C13H15N3OS. The number of benzene rings is 1. The standard InChI is InChI=1S/C13H15N3OS/c14-13-16-10-6-5-8(7-11(10)18-13)12(17)15-9-3-1-2-4-9/h5-7,9H,1-4H2,(H2,14,16)(H,15,17). The second-order valence-corrected chi connectivity index (χ2v) is 5.75. The smallest absolute Gasteiger partial charge is 0.251 e. The van der Waals surface area contributed by atoms with Crippen LogP contribution < -0.4 is 11.1 Å². The number of amides is 1. The van der Waals surface area contributed by atoms with Gasteiger partial charge in [0, 0.05) is 11.6 Å². The van der Waals surface area contributed by atoms with E-state index in [1.165, 1.54) is 24.2 Å². The van der Waals surface area contributed by atoms with E-state index in [1.54, 1.807) is 0 Å². The maximum absolute atomic E-state index is 12.1. The quantitative estimate of drug-likeness (QED) is 0.873. The topological polar surface area (TPSA) is 68.0 Å². The largest absolute Gasteiger partial charge is 0.375 e. The number of carbonyl (C=O) groups excluding carboxylic acids is 1. The molecule has 0 spiro atoms. The summed E-state index contributed by atoms with van der Waals surface area (Å²) in [4.78, 5) is 16.3. The van der Waals surface area contributed by atoms with Crippen LogP contribution in [0, 0.1) is 0 Å². The van der Waals surface area contributed by atoms with Gasteiger partial charge in [0.15, 0.2) is 5.13 Å². The van der Waals surface area contributed by atoms with Gasteiger partial charge in [-0.05, 0) is 31.0 Å². The minimum Gasteiger partial charge on any atom is -0.375 e. The highest BCUT2D eigenvalue weighted by atomic mass is 32.1. The van der Waals surface area contributed by atoms with Crippen molar-refractivity contribution in [3.8, 4) is 0 Å². The van der Waals surface area contributed by atoms with Crippen LogP contribution in [-0.4, -0.2) is 16.9 Å². The predicted molar refractivity (Wildman–Crippen MR) is 73.8 cm³/mol. The van der Waals surface area contributed by atoms with Crippen molar-refractivity contribution >= 4 is 32.6 Å². The predicted octanol–water partition coefficient (Wildman–Crippen LogP) is 2.55. The fraction of sp³-hybridized carbons (Fsp3) is 0.385. The Morgan fingerprint density at radius 2 is 2.17 bits per heavy atom. The van der Waals surface area contributed by atoms with E-state index in [2.05, 4.69) is 10.3 Å². The molecule has 1 aliphatic carbocycles. The summed E-state index contributed by atoms with van der Waals surface area (Å²) in [5, 5.41) is 3.62. The maximum Gasteiger partial charge on any atom is 0.251 e. The zero-order valence-electron chi connectivity index (χ0n) is 9.98. The van der Waals surface area contributed by atoms with Gasteiger partial charge >= 0.3 is 0 Å². The molecule has 2 aromatic rings. The third-order valence-electron chi connectivity index (χ3n) is 3.36. The molecule has 0 aliphatic heterocycles. The molecule has 1 saturated carbocycles. The van der Waals surface area contributed by atoms with Crippen molar-refractivity contribution in [3.05, 3.63) is 23.8 Å². The average Bonchev–Trinajstić information content (AvgIpc) is 2.95. The van der Waals surface area contributed by atoms with E-state index in [0.717, 1.165) is 23.1 Å². The summed E-state index contributed by atoms with van der Waals surface area (Å²) in [5.41, 5.74) is 7.20. The first-order chi connectivity index (χ1) is 8.72. The van der Waals surface area contributed by atoms with Crippen LogP contribution in [0.2, 0.25) is 0 Å². The molecule has 94 valence electrons. The average molecular weight is 261 g/mol. The number of aromatic nitrogens is 1. The number of carbonyl (C=O) groups is 1. The zero-order valence-corrected chi connectivity index (χ0v) is 10.8. The lowest BCUT2D eigenvalue weighted by atomic mass is 10.1. The van der Waals surface area contributed by atoms with Gasteiger partial charge in [0.05, 0.1) is 10.2 Å². The Hall–Kier alpha value is -1.62. The lowest BCUT2D eigenvalue weighted by molar-refractivity contribution is 0.0938. The third kappa shape index (κ3) is 2.18. The fourth-order valence-corrected chi connectivity index (χ4v) is 3.20. The van der Waals surface area contributed by atoms with Crippen LogP contribution in [0.4, 0.5) is 5.13 Å². The molecule has 0 saturated heterocycles. The highest BCUT2D eigenvalue weighted by molar-refractivity contribution is 7.22.